The lowest BCUT2D eigenvalue weighted by Gasteiger charge is -2.22. The highest BCUT2D eigenvalue weighted by molar-refractivity contribution is 5.82. The summed E-state index contributed by atoms with van der Waals surface area (Å²) in [6.45, 7) is 1.88. The molecule has 7 nitrogen and oxygen atoms in total. The SMILES string of the molecule is C[C@@H](CC(=O)O)NC(=O)C1CCCC1NC(=O)OCC1c2ccccc2-c2ccccc21. The third kappa shape index (κ3) is 4.61. The molecule has 0 heterocycles. The van der Waals surface area contributed by atoms with Gasteiger partial charge >= 0.3 is 12.1 Å². The summed E-state index contributed by atoms with van der Waals surface area (Å²) in [5.74, 6) is -1.59. The van der Waals surface area contributed by atoms with Crippen molar-refractivity contribution in [2.24, 2.45) is 5.92 Å². The summed E-state index contributed by atoms with van der Waals surface area (Å²) in [5.41, 5.74) is 4.62. The molecule has 0 aliphatic heterocycles. The van der Waals surface area contributed by atoms with Crippen LogP contribution in [-0.4, -0.2) is 41.8 Å². The summed E-state index contributed by atoms with van der Waals surface area (Å²) >= 11 is 0. The van der Waals surface area contributed by atoms with Gasteiger partial charge in [0.2, 0.25) is 5.91 Å². The van der Waals surface area contributed by atoms with Crippen LogP contribution in [0.3, 0.4) is 0 Å². The second-order valence-corrected chi connectivity index (χ2v) is 8.62. The van der Waals surface area contributed by atoms with Crippen molar-refractivity contribution < 1.29 is 24.2 Å². The normalized spacial score (nSPS) is 20.2. The summed E-state index contributed by atoms with van der Waals surface area (Å²) in [7, 11) is 0. The van der Waals surface area contributed by atoms with E-state index in [0.29, 0.717) is 12.8 Å². The van der Waals surface area contributed by atoms with Crippen molar-refractivity contribution in [3.63, 3.8) is 0 Å². The molecule has 168 valence electrons. The summed E-state index contributed by atoms with van der Waals surface area (Å²) in [4.78, 5) is 36.0. The molecule has 0 spiro atoms. The Kier molecular flexibility index (Phi) is 6.44. The van der Waals surface area contributed by atoms with E-state index in [1.54, 1.807) is 6.92 Å². The predicted octanol–water partition coefficient (Wildman–Crippen LogP) is 3.67. The zero-order valence-electron chi connectivity index (χ0n) is 18.0. The molecule has 0 bridgehead atoms. The van der Waals surface area contributed by atoms with Crippen molar-refractivity contribution in [2.45, 2.75) is 50.6 Å². The van der Waals surface area contributed by atoms with Gasteiger partial charge in [0.05, 0.1) is 12.3 Å². The van der Waals surface area contributed by atoms with Crippen molar-refractivity contribution in [3.05, 3.63) is 59.7 Å². The Hall–Kier alpha value is -3.35. The fourth-order valence-corrected chi connectivity index (χ4v) is 4.90. The van der Waals surface area contributed by atoms with Crippen LogP contribution >= 0.6 is 0 Å². The Morgan fingerprint density at radius 1 is 1.03 bits per heavy atom. The lowest BCUT2D eigenvalue weighted by atomic mass is 9.98. The van der Waals surface area contributed by atoms with E-state index in [9.17, 15) is 14.4 Å². The molecular formula is C25H28N2O5. The van der Waals surface area contributed by atoms with E-state index < -0.39 is 18.1 Å². The molecule has 0 radical (unpaired) electrons. The van der Waals surface area contributed by atoms with Gasteiger partial charge < -0.3 is 20.5 Å². The molecule has 2 aromatic rings. The van der Waals surface area contributed by atoms with E-state index in [0.717, 1.165) is 17.5 Å². The molecule has 3 N–H and O–H groups in total. The minimum atomic E-state index is -0.961. The average molecular weight is 437 g/mol. The maximum absolute atomic E-state index is 12.6. The Bertz CT molecular complexity index is 975. The molecule has 1 fully saturated rings. The lowest BCUT2D eigenvalue weighted by Crippen LogP contribution is -2.46. The highest BCUT2D eigenvalue weighted by Gasteiger charge is 2.35. The van der Waals surface area contributed by atoms with Crippen molar-refractivity contribution >= 4 is 18.0 Å². The fourth-order valence-electron chi connectivity index (χ4n) is 4.90. The van der Waals surface area contributed by atoms with E-state index in [-0.39, 0.29) is 36.8 Å². The Morgan fingerprint density at radius 3 is 2.28 bits per heavy atom. The molecule has 0 aromatic heterocycles. The van der Waals surface area contributed by atoms with Gasteiger partial charge in [-0.05, 0) is 42.0 Å². The standard InChI is InChI=1S/C25H28N2O5/c1-15(13-23(28)29)26-24(30)20-11-6-12-22(20)27-25(31)32-14-21-18-9-4-2-7-16(18)17-8-3-5-10-19(17)21/h2-5,7-10,15,20-22H,6,11-14H2,1H3,(H,26,30)(H,27,31)(H,28,29)/t15-,20?,22?/m0/s1. The van der Waals surface area contributed by atoms with Crippen LogP contribution in [0.1, 0.15) is 49.7 Å². The van der Waals surface area contributed by atoms with Crippen LogP contribution in [0.4, 0.5) is 4.79 Å². The van der Waals surface area contributed by atoms with Gasteiger partial charge in [-0.2, -0.15) is 0 Å². The van der Waals surface area contributed by atoms with E-state index in [1.807, 2.05) is 24.3 Å². The van der Waals surface area contributed by atoms with Crippen LogP contribution in [0.25, 0.3) is 11.1 Å². The lowest BCUT2D eigenvalue weighted by molar-refractivity contribution is -0.137. The number of carbonyl (C=O) groups is 3. The Morgan fingerprint density at radius 2 is 1.66 bits per heavy atom. The van der Waals surface area contributed by atoms with Gasteiger partial charge in [0, 0.05) is 18.0 Å². The van der Waals surface area contributed by atoms with Crippen molar-refractivity contribution in [1.82, 2.24) is 10.6 Å². The average Bonchev–Trinajstić information content (AvgIpc) is 3.34. The first-order valence-electron chi connectivity index (χ1n) is 11.1. The minimum Gasteiger partial charge on any atom is -0.481 e. The van der Waals surface area contributed by atoms with Gasteiger partial charge in [0.15, 0.2) is 0 Å². The molecule has 2 amide bonds. The molecule has 2 aromatic carbocycles. The van der Waals surface area contributed by atoms with Crippen LogP contribution in [0.15, 0.2) is 48.5 Å². The largest absolute Gasteiger partial charge is 0.481 e. The second-order valence-electron chi connectivity index (χ2n) is 8.62. The smallest absolute Gasteiger partial charge is 0.407 e. The fraction of sp³-hybridized carbons (Fsp3) is 0.400. The van der Waals surface area contributed by atoms with Crippen molar-refractivity contribution in [2.75, 3.05) is 6.61 Å². The number of rotatable bonds is 7. The highest BCUT2D eigenvalue weighted by Crippen LogP contribution is 2.44. The molecule has 2 aliphatic rings. The summed E-state index contributed by atoms with van der Waals surface area (Å²) in [5, 5.41) is 14.5. The number of alkyl carbamates (subject to hydrolysis) is 1. The van der Waals surface area contributed by atoms with E-state index in [2.05, 4.69) is 34.9 Å². The number of ether oxygens (including phenoxy) is 1. The molecule has 4 rings (SSSR count). The number of hydrogen-bond donors (Lipinski definition) is 3. The zero-order chi connectivity index (χ0) is 22.7. The number of fused-ring (bicyclic) bond motifs is 3. The van der Waals surface area contributed by atoms with Gasteiger partial charge in [-0.15, -0.1) is 0 Å². The topological polar surface area (TPSA) is 105 Å². The molecule has 2 aliphatic carbocycles. The van der Waals surface area contributed by atoms with Gasteiger partial charge in [-0.25, -0.2) is 4.79 Å². The second kappa shape index (κ2) is 9.42. The van der Waals surface area contributed by atoms with Gasteiger partial charge in [0.25, 0.3) is 0 Å². The molecule has 7 heteroatoms. The molecular weight excluding hydrogens is 408 g/mol. The van der Waals surface area contributed by atoms with E-state index in [4.69, 9.17) is 9.84 Å². The molecule has 1 saturated carbocycles. The number of carboxylic acid groups (broad SMARTS) is 1. The van der Waals surface area contributed by atoms with Crippen LogP contribution in [-0.2, 0) is 14.3 Å². The number of nitrogens with one attached hydrogen (secondary N) is 2. The van der Waals surface area contributed by atoms with Gasteiger partial charge in [-0.1, -0.05) is 55.0 Å². The molecule has 2 unspecified atom stereocenters. The quantitative estimate of drug-likeness (QED) is 0.614. The Labute approximate surface area is 187 Å². The zero-order valence-corrected chi connectivity index (χ0v) is 18.0. The first-order chi connectivity index (χ1) is 15.4. The highest BCUT2D eigenvalue weighted by atomic mass is 16.5. The van der Waals surface area contributed by atoms with Crippen LogP contribution in [0, 0.1) is 5.92 Å². The molecule has 0 saturated heterocycles. The van der Waals surface area contributed by atoms with E-state index in [1.165, 1.54) is 11.1 Å². The summed E-state index contributed by atoms with van der Waals surface area (Å²) in [6.07, 6.45) is 1.49. The first-order valence-corrected chi connectivity index (χ1v) is 11.1. The van der Waals surface area contributed by atoms with Crippen molar-refractivity contribution in [3.8, 4) is 11.1 Å². The Balaban J connectivity index is 1.35. The van der Waals surface area contributed by atoms with Gasteiger partial charge in [-0.3, -0.25) is 9.59 Å². The van der Waals surface area contributed by atoms with E-state index >= 15 is 0 Å². The third-order valence-electron chi connectivity index (χ3n) is 6.37. The molecule has 3 atom stereocenters. The number of carbonyl (C=O) groups excluding carboxylic acids is 2. The van der Waals surface area contributed by atoms with Gasteiger partial charge in [0.1, 0.15) is 6.61 Å². The summed E-state index contributed by atoms with van der Waals surface area (Å²) < 4.78 is 5.60. The third-order valence-corrected chi connectivity index (χ3v) is 6.37. The maximum atomic E-state index is 12.6. The number of hydrogen-bond acceptors (Lipinski definition) is 4. The monoisotopic (exact) mass is 436 g/mol. The number of amides is 2. The number of benzene rings is 2. The minimum absolute atomic E-state index is 0.0207. The molecule has 32 heavy (non-hydrogen) atoms. The van der Waals surface area contributed by atoms with Crippen LogP contribution in [0.5, 0.6) is 0 Å². The van der Waals surface area contributed by atoms with Crippen LogP contribution < -0.4 is 10.6 Å². The maximum Gasteiger partial charge on any atom is 0.407 e. The number of aliphatic carboxylic acids is 1. The first kappa shape index (κ1) is 21.9. The van der Waals surface area contributed by atoms with Crippen LogP contribution in [0.2, 0.25) is 0 Å². The number of carboxylic acids is 1. The predicted molar refractivity (Wildman–Crippen MR) is 119 cm³/mol. The summed E-state index contributed by atoms with van der Waals surface area (Å²) in [6, 6.07) is 15.5. The van der Waals surface area contributed by atoms with Crippen molar-refractivity contribution in [1.29, 1.82) is 0 Å².